The van der Waals surface area contributed by atoms with Gasteiger partial charge in [0, 0.05) is 70.4 Å². The van der Waals surface area contributed by atoms with Gasteiger partial charge in [0.15, 0.2) is 0 Å². The molecule has 2 nitrogen and oxygen atoms in total. The van der Waals surface area contributed by atoms with Crippen molar-refractivity contribution in [3.05, 3.63) is 48.3 Å². The SMILES string of the molecule is Fc1c[c-]c(-n2cccn2)cc1F.[Y].[Zn]. The van der Waals surface area contributed by atoms with Crippen molar-refractivity contribution >= 4 is 0 Å². The minimum absolute atomic E-state index is 0. The monoisotopic (exact) mass is 332 g/mol. The minimum Gasteiger partial charge on any atom is -0.281 e. The van der Waals surface area contributed by atoms with Crippen molar-refractivity contribution in [2.24, 2.45) is 0 Å². The molecule has 0 amide bonds. The topological polar surface area (TPSA) is 17.8 Å². The molecule has 0 atom stereocenters. The standard InChI is InChI=1S/C9H5F2N2.Y.Zn/c10-8-3-2-7(6-9(8)11)13-5-1-4-12-13;;/h1,3-6H;;/q-1;;. The van der Waals surface area contributed by atoms with E-state index in [4.69, 9.17) is 0 Å². The third-order valence-electron chi connectivity index (χ3n) is 1.59. The van der Waals surface area contributed by atoms with Gasteiger partial charge >= 0.3 is 0 Å². The predicted octanol–water partition coefficient (Wildman–Crippen LogP) is 1.95. The van der Waals surface area contributed by atoms with E-state index in [0.29, 0.717) is 5.69 Å². The molecule has 1 aromatic carbocycles. The van der Waals surface area contributed by atoms with Crippen molar-refractivity contribution in [3.63, 3.8) is 0 Å². The Labute approximate surface area is 124 Å². The molecule has 2 aromatic rings. The average molecular weight is 333 g/mol. The molecule has 0 aliphatic carbocycles. The van der Waals surface area contributed by atoms with Crippen molar-refractivity contribution in [2.75, 3.05) is 0 Å². The summed E-state index contributed by atoms with van der Waals surface area (Å²) in [4.78, 5) is 0. The van der Waals surface area contributed by atoms with Gasteiger partial charge in [0.05, 0.1) is 5.82 Å². The zero-order chi connectivity index (χ0) is 9.26. The molecule has 0 fully saturated rings. The molecule has 0 aliphatic rings. The summed E-state index contributed by atoms with van der Waals surface area (Å²) in [7, 11) is 0. The van der Waals surface area contributed by atoms with Crippen LogP contribution in [-0.2, 0) is 52.2 Å². The molecule has 15 heavy (non-hydrogen) atoms. The molecule has 0 spiro atoms. The number of hydrogen-bond acceptors (Lipinski definition) is 1. The molecule has 1 heterocycles. The van der Waals surface area contributed by atoms with Crippen LogP contribution in [0, 0.1) is 17.7 Å². The van der Waals surface area contributed by atoms with Gasteiger partial charge in [0.1, 0.15) is 0 Å². The molecular formula is C9H5F2N2YZn-. The maximum absolute atomic E-state index is 12.7. The Morgan fingerprint density at radius 2 is 2.00 bits per heavy atom. The van der Waals surface area contributed by atoms with Crippen LogP contribution in [0.4, 0.5) is 8.78 Å². The predicted molar refractivity (Wildman–Crippen MR) is 42.3 cm³/mol. The second-order valence-electron chi connectivity index (χ2n) is 2.46. The van der Waals surface area contributed by atoms with Crippen LogP contribution in [-0.4, -0.2) is 9.78 Å². The second-order valence-corrected chi connectivity index (χ2v) is 2.46. The molecule has 2 rings (SSSR count). The first-order valence-corrected chi connectivity index (χ1v) is 3.64. The summed E-state index contributed by atoms with van der Waals surface area (Å²) < 4.78 is 26.6. The van der Waals surface area contributed by atoms with Crippen LogP contribution in [0.5, 0.6) is 0 Å². The van der Waals surface area contributed by atoms with E-state index in [-0.39, 0.29) is 52.2 Å². The van der Waals surface area contributed by atoms with Crippen molar-refractivity contribution < 1.29 is 61.0 Å². The van der Waals surface area contributed by atoms with Gasteiger partial charge in [-0.2, -0.15) is 11.2 Å². The fraction of sp³-hybridized carbons (Fsp3) is 0. The van der Waals surface area contributed by atoms with Crippen molar-refractivity contribution in [1.82, 2.24) is 9.78 Å². The van der Waals surface area contributed by atoms with Gasteiger partial charge in [-0.15, -0.1) is 12.1 Å². The summed E-state index contributed by atoms with van der Waals surface area (Å²) in [6.07, 6.45) is 3.18. The van der Waals surface area contributed by atoms with Crippen molar-refractivity contribution in [3.8, 4) is 5.69 Å². The van der Waals surface area contributed by atoms with Crippen molar-refractivity contribution in [1.29, 1.82) is 0 Å². The van der Waals surface area contributed by atoms with E-state index < -0.39 is 11.6 Å². The van der Waals surface area contributed by atoms with Gasteiger partial charge in [-0.25, -0.2) is 4.39 Å². The Kier molecular flexibility index (Phi) is 6.58. The summed E-state index contributed by atoms with van der Waals surface area (Å²) in [5.74, 6) is -1.81. The average Bonchev–Trinajstić information content (AvgIpc) is 2.62. The van der Waals surface area contributed by atoms with Gasteiger partial charge in [0.2, 0.25) is 0 Å². The molecular weight excluding hydrogens is 328 g/mol. The second kappa shape index (κ2) is 6.57. The summed E-state index contributed by atoms with van der Waals surface area (Å²) >= 11 is 0. The third kappa shape index (κ3) is 3.51. The van der Waals surface area contributed by atoms with Crippen LogP contribution in [0.25, 0.3) is 5.69 Å². The van der Waals surface area contributed by atoms with Crippen LogP contribution >= 0.6 is 0 Å². The minimum atomic E-state index is -0.907. The molecule has 0 bridgehead atoms. The molecule has 1 aromatic heterocycles. The third-order valence-corrected chi connectivity index (χ3v) is 1.59. The zero-order valence-corrected chi connectivity index (χ0v) is 13.6. The Balaban J connectivity index is 0.000000980. The van der Waals surface area contributed by atoms with Gasteiger partial charge in [0.25, 0.3) is 0 Å². The van der Waals surface area contributed by atoms with Gasteiger partial charge < -0.3 is 0 Å². The number of rotatable bonds is 1. The first-order valence-electron chi connectivity index (χ1n) is 3.64. The molecule has 0 N–H and O–H groups in total. The summed E-state index contributed by atoms with van der Waals surface area (Å²) in [5.41, 5.74) is 0.379. The van der Waals surface area contributed by atoms with E-state index in [1.54, 1.807) is 18.5 Å². The summed E-state index contributed by atoms with van der Waals surface area (Å²) in [5, 5.41) is 3.85. The van der Waals surface area contributed by atoms with E-state index in [2.05, 4.69) is 11.2 Å². The molecule has 1 radical (unpaired) electrons. The summed E-state index contributed by atoms with van der Waals surface area (Å²) in [6, 6.07) is 6.25. The van der Waals surface area contributed by atoms with E-state index in [1.807, 2.05) is 0 Å². The van der Waals surface area contributed by atoms with Crippen LogP contribution < -0.4 is 0 Å². The Hall–Kier alpha value is 0.0173. The fourth-order valence-corrected chi connectivity index (χ4v) is 0.980. The maximum Gasteiger partial charge on any atom is 0.0514 e. The molecule has 6 heteroatoms. The van der Waals surface area contributed by atoms with Crippen molar-refractivity contribution in [2.45, 2.75) is 0 Å². The molecule has 71 valence electrons. The maximum atomic E-state index is 12.7. The fourth-order valence-electron chi connectivity index (χ4n) is 0.980. The normalized spacial score (nSPS) is 8.93. The van der Waals surface area contributed by atoms with Gasteiger partial charge in [-0.3, -0.25) is 9.07 Å². The number of halogens is 2. The zero-order valence-electron chi connectivity index (χ0n) is 7.82. The Morgan fingerprint density at radius 3 is 2.53 bits per heavy atom. The van der Waals surface area contributed by atoms with E-state index in [1.165, 1.54) is 4.68 Å². The largest absolute Gasteiger partial charge is 0.281 e. The van der Waals surface area contributed by atoms with Gasteiger partial charge in [-0.05, 0) is 11.8 Å². The van der Waals surface area contributed by atoms with E-state index >= 15 is 0 Å². The van der Waals surface area contributed by atoms with Gasteiger partial charge in [-0.1, -0.05) is 0 Å². The molecule has 0 saturated heterocycles. The van der Waals surface area contributed by atoms with Crippen LogP contribution in [0.15, 0.2) is 30.6 Å². The molecule has 0 aliphatic heterocycles. The summed E-state index contributed by atoms with van der Waals surface area (Å²) in [6.45, 7) is 0. The Bertz CT molecular complexity index is 420. The van der Waals surface area contributed by atoms with Crippen LogP contribution in [0.3, 0.4) is 0 Å². The first kappa shape index (κ1) is 15.0. The Morgan fingerprint density at radius 1 is 1.27 bits per heavy atom. The smallest absolute Gasteiger partial charge is 0.0514 e. The number of hydrogen-bond donors (Lipinski definition) is 0. The van der Waals surface area contributed by atoms with E-state index in [0.717, 1.165) is 12.1 Å². The number of nitrogens with zero attached hydrogens (tertiary/aromatic N) is 2. The quantitative estimate of drug-likeness (QED) is 0.576. The number of aromatic nitrogens is 2. The first-order chi connectivity index (χ1) is 6.27. The molecule has 0 unspecified atom stereocenters. The van der Waals surface area contributed by atoms with Crippen LogP contribution in [0.1, 0.15) is 0 Å². The van der Waals surface area contributed by atoms with Crippen LogP contribution in [0.2, 0.25) is 0 Å². The van der Waals surface area contributed by atoms with E-state index in [9.17, 15) is 8.78 Å². The molecule has 0 saturated carbocycles. The number of benzene rings is 1.